The van der Waals surface area contributed by atoms with Crippen LogP contribution in [0.25, 0.3) is 22.1 Å². The molecule has 0 radical (unpaired) electrons. The Morgan fingerprint density at radius 1 is 1.26 bits per heavy atom. The van der Waals surface area contributed by atoms with E-state index in [0.29, 0.717) is 30.0 Å². The van der Waals surface area contributed by atoms with Crippen molar-refractivity contribution in [1.82, 2.24) is 19.4 Å². The highest BCUT2D eigenvalue weighted by Gasteiger charge is 2.44. The number of benzene rings is 1. The Morgan fingerprint density at radius 3 is 2.89 bits per heavy atom. The quantitative estimate of drug-likeness (QED) is 0.685. The molecule has 27 heavy (non-hydrogen) atoms. The average molecular weight is 370 g/mol. The van der Waals surface area contributed by atoms with Crippen LogP contribution in [0.5, 0.6) is 0 Å². The van der Waals surface area contributed by atoms with Crippen LogP contribution in [0.3, 0.4) is 0 Å². The van der Waals surface area contributed by atoms with E-state index in [0.717, 1.165) is 5.39 Å². The van der Waals surface area contributed by atoms with Gasteiger partial charge in [-0.05, 0) is 12.1 Å². The van der Waals surface area contributed by atoms with Crippen molar-refractivity contribution >= 4 is 28.0 Å². The molecule has 1 amide bonds. The van der Waals surface area contributed by atoms with Crippen molar-refractivity contribution in [2.75, 3.05) is 33.4 Å². The number of amides is 1. The molecule has 3 aromatic rings. The van der Waals surface area contributed by atoms with Gasteiger partial charge in [-0.15, -0.1) is 0 Å². The van der Waals surface area contributed by atoms with E-state index < -0.39 is 6.67 Å². The molecule has 0 saturated carbocycles. The third-order valence-electron chi connectivity index (χ3n) is 5.67. The van der Waals surface area contributed by atoms with Gasteiger partial charge in [0.15, 0.2) is 0 Å². The predicted molar refractivity (Wildman–Crippen MR) is 97.2 cm³/mol. The molecule has 8 heteroatoms. The van der Waals surface area contributed by atoms with Crippen LogP contribution < -0.4 is 5.56 Å². The highest BCUT2D eigenvalue weighted by molar-refractivity contribution is 6.01. The van der Waals surface area contributed by atoms with Gasteiger partial charge in [0.05, 0.1) is 18.5 Å². The maximum absolute atomic E-state index is 13.3. The molecule has 4 heterocycles. The molecule has 2 aliphatic rings. The highest BCUT2D eigenvalue weighted by atomic mass is 19.1. The SMILES string of the molecule is CN1Cc2nc3c(oc4ccccc43)c(=O)n2C2CN(CCF)CC2C1=O. The van der Waals surface area contributed by atoms with Gasteiger partial charge in [0.2, 0.25) is 11.5 Å². The van der Waals surface area contributed by atoms with Crippen molar-refractivity contribution in [2.24, 2.45) is 5.92 Å². The molecule has 140 valence electrons. The molecule has 2 atom stereocenters. The number of halogens is 1. The molecular weight excluding hydrogens is 351 g/mol. The lowest BCUT2D eigenvalue weighted by Crippen LogP contribution is -2.34. The van der Waals surface area contributed by atoms with Gasteiger partial charge in [-0.2, -0.15) is 0 Å². The molecule has 7 nitrogen and oxygen atoms in total. The van der Waals surface area contributed by atoms with E-state index >= 15 is 0 Å². The zero-order valence-corrected chi connectivity index (χ0v) is 14.9. The Labute approximate surface area is 154 Å². The van der Waals surface area contributed by atoms with Gasteiger partial charge in [-0.25, -0.2) is 9.37 Å². The molecule has 2 unspecified atom stereocenters. The minimum absolute atomic E-state index is 0.0345. The second kappa shape index (κ2) is 5.88. The van der Waals surface area contributed by atoms with Gasteiger partial charge in [-0.1, -0.05) is 12.1 Å². The maximum atomic E-state index is 13.3. The van der Waals surface area contributed by atoms with Crippen molar-refractivity contribution in [3.63, 3.8) is 0 Å². The lowest BCUT2D eigenvalue weighted by molar-refractivity contribution is -0.134. The Kier molecular flexibility index (Phi) is 3.58. The fourth-order valence-corrected chi connectivity index (χ4v) is 4.40. The zero-order valence-electron chi connectivity index (χ0n) is 14.9. The number of fused-ring (bicyclic) bond motifs is 6. The van der Waals surface area contributed by atoms with Crippen LogP contribution in [-0.4, -0.2) is 58.6 Å². The van der Waals surface area contributed by atoms with Gasteiger partial charge in [0.1, 0.15) is 23.6 Å². The number of hydrogen-bond donors (Lipinski definition) is 0. The fraction of sp³-hybridized carbons (Fsp3) is 0.421. The number of carbonyl (C=O) groups excluding carboxylic acids is 1. The van der Waals surface area contributed by atoms with Crippen molar-refractivity contribution < 1.29 is 13.6 Å². The second-order valence-electron chi connectivity index (χ2n) is 7.30. The number of rotatable bonds is 2. The molecule has 0 bridgehead atoms. The van der Waals surface area contributed by atoms with Crippen LogP contribution in [0.4, 0.5) is 4.39 Å². The zero-order chi connectivity index (χ0) is 18.7. The van der Waals surface area contributed by atoms with Crippen LogP contribution in [-0.2, 0) is 11.3 Å². The van der Waals surface area contributed by atoms with E-state index in [4.69, 9.17) is 9.40 Å². The lowest BCUT2D eigenvalue weighted by Gasteiger charge is -2.18. The van der Waals surface area contributed by atoms with Crippen LogP contribution in [0.1, 0.15) is 11.9 Å². The first-order chi connectivity index (χ1) is 13.1. The molecule has 2 aliphatic heterocycles. The highest BCUT2D eigenvalue weighted by Crippen LogP contribution is 2.34. The van der Waals surface area contributed by atoms with Crippen molar-refractivity contribution in [3.8, 4) is 0 Å². The van der Waals surface area contributed by atoms with Gasteiger partial charge in [0.25, 0.3) is 5.56 Å². The molecule has 1 saturated heterocycles. The summed E-state index contributed by atoms with van der Waals surface area (Å²) in [6, 6.07) is 7.05. The minimum atomic E-state index is -0.480. The monoisotopic (exact) mass is 370 g/mol. The predicted octanol–water partition coefficient (Wildman–Crippen LogP) is 1.56. The summed E-state index contributed by atoms with van der Waals surface area (Å²) in [5.74, 6) is 0.126. The summed E-state index contributed by atoms with van der Waals surface area (Å²) in [6.07, 6.45) is 0. The molecule has 0 aliphatic carbocycles. The third-order valence-corrected chi connectivity index (χ3v) is 5.67. The van der Waals surface area contributed by atoms with Crippen LogP contribution in [0.15, 0.2) is 33.5 Å². The number of furan rings is 1. The molecule has 1 fully saturated rings. The normalized spacial score (nSPS) is 23.0. The summed E-state index contributed by atoms with van der Waals surface area (Å²) in [5, 5.41) is 0.785. The first-order valence-corrected chi connectivity index (χ1v) is 9.04. The fourth-order valence-electron chi connectivity index (χ4n) is 4.40. The summed E-state index contributed by atoms with van der Waals surface area (Å²) in [5.41, 5.74) is 1.08. The molecule has 0 N–H and O–H groups in total. The van der Waals surface area contributed by atoms with Crippen LogP contribution >= 0.6 is 0 Å². The van der Waals surface area contributed by atoms with E-state index in [1.165, 1.54) is 0 Å². The summed E-state index contributed by atoms with van der Waals surface area (Å²) >= 11 is 0. The Balaban J connectivity index is 1.76. The molecule has 2 aromatic heterocycles. The first-order valence-electron chi connectivity index (χ1n) is 9.04. The number of para-hydroxylation sites is 1. The van der Waals surface area contributed by atoms with Gasteiger partial charge < -0.3 is 9.32 Å². The van der Waals surface area contributed by atoms with Crippen LogP contribution in [0.2, 0.25) is 0 Å². The van der Waals surface area contributed by atoms with Crippen LogP contribution in [0, 0.1) is 5.92 Å². The lowest BCUT2D eigenvalue weighted by atomic mass is 10.0. The van der Waals surface area contributed by atoms with E-state index in [9.17, 15) is 14.0 Å². The van der Waals surface area contributed by atoms with E-state index in [-0.39, 0.29) is 42.1 Å². The van der Waals surface area contributed by atoms with Crippen molar-refractivity contribution in [1.29, 1.82) is 0 Å². The largest absolute Gasteiger partial charge is 0.448 e. The number of alkyl halides is 1. The van der Waals surface area contributed by atoms with E-state index in [1.807, 2.05) is 29.2 Å². The molecule has 5 rings (SSSR count). The van der Waals surface area contributed by atoms with Gasteiger partial charge in [-0.3, -0.25) is 19.1 Å². The van der Waals surface area contributed by atoms with E-state index in [2.05, 4.69) is 0 Å². The number of nitrogens with zero attached hydrogens (tertiary/aromatic N) is 4. The third kappa shape index (κ3) is 2.32. The summed E-state index contributed by atoms with van der Waals surface area (Å²) in [4.78, 5) is 34.4. The van der Waals surface area contributed by atoms with E-state index in [1.54, 1.807) is 16.5 Å². The molecular formula is C19H19FN4O3. The van der Waals surface area contributed by atoms with Crippen molar-refractivity contribution in [2.45, 2.75) is 12.6 Å². The Hall–Kier alpha value is -2.74. The second-order valence-corrected chi connectivity index (χ2v) is 7.30. The minimum Gasteiger partial charge on any atom is -0.448 e. The van der Waals surface area contributed by atoms with Crippen molar-refractivity contribution in [3.05, 3.63) is 40.4 Å². The number of aromatic nitrogens is 2. The average Bonchev–Trinajstić information content (AvgIpc) is 3.21. The van der Waals surface area contributed by atoms with Gasteiger partial charge >= 0.3 is 0 Å². The maximum Gasteiger partial charge on any atom is 0.297 e. The summed E-state index contributed by atoms with van der Waals surface area (Å²) in [7, 11) is 1.72. The Morgan fingerprint density at radius 2 is 2.07 bits per heavy atom. The molecule has 0 spiro atoms. The Bertz CT molecular complexity index is 1120. The smallest absolute Gasteiger partial charge is 0.297 e. The standard InChI is InChI=1S/C19H19FN4O3/c1-22-10-15-21-16-11-4-2-3-5-14(11)27-17(16)19(26)24(15)13-9-23(7-6-20)8-12(13)18(22)25/h2-5,12-13H,6-10H2,1H3. The first kappa shape index (κ1) is 16.4. The number of likely N-dealkylation sites (tertiary alicyclic amines) is 1. The molecule has 1 aromatic carbocycles. The number of carbonyl (C=O) groups is 1. The van der Waals surface area contributed by atoms with Gasteiger partial charge in [0, 0.05) is 32.1 Å². The summed E-state index contributed by atoms with van der Waals surface area (Å²) in [6.45, 7) is 0.941. The summed E-state index contributed by atoms with van der Waals surface area (Å²) < 4.78 is 20.3. The number of hydrogen-bond acceptors (Lipinski definition) is 5. The topological polar surface area (TPSA) is 71.6 Å².